The molecule has 2 amide bonds. The van der Waals surface area contributed by atoms with Crippen molar-refractivity contribution in [3.8, 4) is 0 Å². The first-order valence-electron chi connectivity index (χ1n) is 6.35. The highest BCUT2D eigenvalue weighted by Gasteiger charge is 2.16. The minimum Gasteiger partial charge on any atom is -0.343 e. The van der Waals surface area contributed by atoms with Gasteiger partial charge in [0.25, 0.3) is 5.91 Å². The fourth-order valence-corrected chi connectivity index (χ4v) is 2.45. The summed E-state index contributed by atoms with van der Waals surface area (Å²) in [6, 6.07) is 8.42. The van der Waals surface area contributed by atoms with E-state index >= 15 is 0 Å². The fourth-order valence-electron chi connectivity index (χ4n) is 1.75. The Morgan fingerprint density at radius 2 is 1.78 bits per heavy atom. The average Bonchev–Trinajstić information content (AvgIpc) is 2.48. The molecule has 0 fully saturated rings. The summed E-state index contributed by atoms with van der Waals surface area (Å²) in [4.78, 5) is 23.7. The zero-order chi connectivity index (χ0) is 17.0. The van der Waals surface area contributed by atoms with Gasteiger partial charge in [-0.1, -0.05) is 40.9 Å². The lowest BCUT2D eigenvalue weighted by Crippen LogP contribution is -2.33. The van der Waals surface area contributed by atoms with Crippen molar-refractivity contribution in [2.45, 2.75) is 0 Å². The molecule has 2 N–H and O–H groups in total. The quantitative estimate of drug-likeness (QED) is 0.843. The maximum Gasteiger partial charge on any atom is 0.256 e. The number of nitrogens with one attached hydrogen (secondary N) is 2. The molecule has 2 rings (SSSR count). The summed E-state index contributed by atoms with van der Waals surface area (Å²) in [5.74, 6) is -2.09. The molecule has 2 aromatic rings. The van der Waals surface area contributed by atoms with Gasteiger partial charge in [-0.2, -0.15) is 0 Å². The molecule has 0 aliphatic rings. The van der Waals surface area contributed by atoms with Crippen molar-refractivity contribution in [2.75, 3.05) is 11.9 Å². The standard InChI is InChI=1S/C15H10Cl3FN2O2/c16-8-4-5-12(10(18)6-8)21-13(22)7-20-15(23)14-9(17)2-1-3-11(14)19/h1-6H,7H2,(H,20,23)(H,21,22). The molecule has 0 aliphatic heterocycles. The Morgan fingerprint density at radius 1 is 1.04 bits per heavy atom. The number of carbonyl (C=O) groups excluding carboxylic acids is 2. The second-order valence-corrected chi connectivity index (χ2v) is 5.70. The number of halogens is 4. The third-order valence-electron chi connectivity index (χ3n) is 2.80. The third kappa shape index (κ3) is 4.58. The zero-order valence-corrected chi connectivity index (χ0v) is 13.8. The minimum atomic E-state index is -0.787. The molecule has 0 spiro atoms. The lowest BCUT2D eigenvalue weighted by Gasteiger charge is -2.09. The molecule has 0 aliphatic carbocycles. The SMILES string of the molecule is O=C(CNC(=O)c1c(F)cccc1Cl)Nc1ccc(Cl)cc1Cl. The number of carbonyl (C=O) groups is 2. The second-order valence-electron chi connectivity index (χ2n) is 4.45. The normalized spacial score (nSPS) is 10.3. The Bertz CT molecular complexity index is 748. The highest BCUT2D eigenvalue weighted by Crippen LogP contribution is 2.25. The Morgan fingerprint density at radius 3 is 2.43 bits per heavy atom. The van der Waals surface area contributed by atoms with Gasteiger partial charge in [0.05, 0.1) is 27.8 Å². The molecule has 0 radical (unpaired) electrons. The van der Waals surface area contributed by atoms with Gasteiger partial charge in [0.2, 0.25) is 5.91 Å². The fraction of sp³-hybridized carbons (Fsp3) is 0.0667. The molecule has 0 heterocycles. The van der Waals surface area contributed by atoms with Crippen LogP contribution in [0.1, 0.15) is 10.4 Å². The number of benzene rings is 2. The van der Waals surface area contributed by atoms with E-state index < -0.39 is 17.6 Å². The van der Waals surface area contributed by atoms with Gasteiger partial charge >= 0.3 is 0 Å². The van der Waals surface area contributed by atoms with Crippen LogP contribution in [0.25, 0.3) is 0 Å². The molecule has 0 saturated carbocycles. The van der Waals surface area contributed by atoms with E-state index in [9.17, 15) is 14.0 Å². The maximum absolute atomic E-state index is 13.6. The molecule has 120 valence electrons. The van der Waals surface area contributed by atoms with Crippen molar-refractivity contribution in [1.29, 1.82) is 0 Å². The molecular formula is C15H10Cl3FN2O2. The molecule has 23 heavy (non-hydrogen) atoms. The van der Waals surface area contributed by atoms with E-state index in [2.05, 4.69) is 10.6 Å². The van der Waals surface area contributed by atoms with E-state index in [0.717, 1.165) is 6.07 Å². The van der Waals surface area contributed by atoms with Crippen molar-refractivity contribution in [2.24, 2.45) is 0 Å². The van der Waals surface area contributed by atoms with Crippen LogP contribution in [0.15, 0.2) is 36.4 Å². The van der Waals surface area contributed by atoms with Crippen LogP contribution in [0.3, 0.4) is 0 Å². The van der Waals surface area contributed by atoms with Crippen molar-refractivity contribution in [3.05, 3.63) is 62.8 Å². The summed E-state index contributed by atoms with van der Waals surface area (Å²) >= 11 is 17.4. The van der Waals surface area contributed by atoms with Gasteiger partial charge in [-0.25, -0.2) is 4.39 Å². The molecule has 0 aromatic heterocycles. The Hall–Kier alpha value is -1.82. The van der Waals surface area contributed by atoms with E-state index in [1.165, 1.54) is 24.3 Å². The van der Waals surface area contributed by atoms with Gasteiger partial charge in [0.1, 0.15) is 5.82 Å². The molecule has 0 bridgehead atoms. The number of anilines is 1. The summed E-state index contributed by atoms with van der Waals surface area (Å²) in [7, 11) is 0. The minimum absolute atomic E-state index is 0.0383. The molecule has 8 heteroatoms. The van der Waals surface area contributed by atoms with Gasteiger partial charge in [-0.15, -0.1) is 0 Å². The lowest BCUT2D eigenvalue weighted by atomic mass is 10.2. The van der Waals surface area contributed by atoms with Crippen LogP contribution in [0.5, 0.6) is 0 Å². The largest absolute Gasteiger partial charge is 0.343 e. The third-order valence-corrected chi connectivity index (χ3v) is 3.67. The van der Waals surface area contributed by atoms with Crippen LogP contribution in [0, 0.1) is 5.82 Å². The summed E-state index contributed by atoms with van der Waals surface area (Å²) in [5, 5.41) is 5.44. The zero-order valence-electron chi connectivity index (χ0n) is 11.5. The van der Waals surface area contributed by atoms with Crippen LogP contribution in [-0.4, -0.2) is 18.4 Å². The number of hydrogen-bond donors (Lipinski definition) is 2. The van der Waals surface area contributed by atoms with Gasteiger partial charge in [0.15, 0.2) is 0 Å². The second kappa shape index (κ2) is 7.64. The maximum atomic E-state index is 13.6. The summed E-state index contributed by atoms with van der Waals surface area (Å²) in [5.41, 5.74) is 0.0331. The first-order valence-corrected chi connectivity index (χ1v) is 7.49. The molecule has 2 aromatic carbocycles. The molecule has 0 atom stereocenters. The van der Waals surface area contributed by atoms with E-state index in [1.807, 2.05) is 0 Å². The number of rotatable bonds is 4. The highest BCUT2D eigenvalue weighted by atomic mass is 35.5. The van der Waals surface area contributed by atoms with Gasteiger partial charge < -0.3 is 10.6 Å². The first kappa shape index (κ1) is 17.5. The Labute approximate surface area is 146 Å². The van der Waals surface area contributed by atoms with E-state index in [4.69, 9.17) is 34.8 Å². The smallest absolute Gasteiger partial charge is 0.256 e. The lowest BCUT2D eigenvalue weighted by molar-refractivity contribution is -0.115. The van der Waals surface area contributed by atoms with Crippen molar-refractivity contribution < 1.29 is 14.0 Å². The van der Waals surface area contributed by atoms with Gasteiger partial charge in [-0.05, 0) is 30.3 Å². The molecule has 0 saturated heterocycles. The van der Waals surface area contributed by atoms with E-state index in [1.54, 1.807) is 6.07 Å². The predicted octanol–water partition coefficient (Wildman–Crippen LogP) is 4.15. The number of hydrogen-bond acceptors (Lipinski definition) is 2. The first-order chi connectivity index (χ1) is 10.9. The van der Waals surface area contributed by atoms with E-state index in [-0.39, 0.29) is 22.2 Å². The van der Waals surface area contributed by atoms with Crippen molar-refractivity contribution in [1.82, 2.24) is 5.32 Å². The molecule has 4 nitrogen and oxygen atoms in total. The van der Waals surface area contributed by atoms with Crippen molar-refractivity contribution in [3.63, 3.8) is 0 Å². The summed E-state index contributed by atoms with van der Waals surface area (Å²) in [6.45, 7) is -0.373. The Kier molecular flexibility index (Phi) is 5.82. The molecule has 0 unspecified atom stereocenters. The number of amides is 2. The topological polar surface area (TPSA) is 58.2 Å². The van der Waals surface area contributed by atoms with Crippen LogP contribution >= 0.6 is 34.8 Å². The molecular weight excluding hydrogens is 366 g/mol. The summed E-state index contributed by atoms with van der Waals surface area (Å²) < 4.78 is 13.6. The average molecular weight is 376 g/mol. The van der Waals surface area contributed by atoms with Gasteiger partial charge in [-0.3, -0.25) is 9.59 Å². The monoisotopic (exact) mass is 374 g/mol. The van der Waals surface area contributed by atoms with E-state index in [0.29, 0.717) is 10.7 Å². The highest BCUT2D eigenvalue weighted by molar-refractivity contribution is 6.36. The summed E-state index contributed by atoms with van der Waals surface area (Å²) in [6.07, 6.45) is 0. The van der Waals surface area contributed by atoms with Crippen LogP contribution in [0.2, 0.25) is 15.1 Å². The van der Waals surface area contributed by atoms with Crippen LogP contribution < -0.4 is 10.6 Å². The van der Waals surface area contributed by atoms with Crippen LogP contribution in [0.4, 0.5) is 10.1 Å². The van der Waals surface area contributed by atoms with Crippen molar-refractivity contribution >= 4 is 52.3 Å². The van der Waals surface area contributed by atoms with Gasteiger partial charge in [0, 0.05) is 5.02 Å². The Balaban J connectivity index is 1.98. The van der Waals surface area contributed by atoms with Crippen LogP contribution in [-0.2, 0) is 4.79 Å². The predicted molar refractivity (Wildman–Crippen MR) is 88.8 cm³/mol.